The molecule has 0 saturated carbocycles. The molecule has 23 heavy (non-hydrogen) atoms. The number of rotatable bonds is 8. The number of nitrogens with two attached hydrogens (primary N) is 1. The number of hydrogen-bond acceptors (Lipinski definition) is 4. The van der Waals surface area contributed by atoms with Crippen LogP contribution in [-0.4, -0.2) is 45.0 Å². The third-order valence-electron chi connectivity index (χ3n) is 3.58. The monoisotopic (exact) mass is 347 g/mol. The molecule has 9 heteroatoms. The lowest BCUT2D eigenvalue weighted by Gasteiger charge is -2.32. The number of ketones is 1. The van der Waals surface area contributed by atoms with Crippen molar-refractivity contribution in [1.82, 2.24) is 0 Å². The van der Waals surface area contributed by atoms with Gasteiger partial charge in [-0.2, -0.15) is 0 Å². The lowest BCUT2D eigenvalue weighted by molar-refractivity contribution is -0.145. The van der Waals surface area contributed by atoms with Gasteiger partial charge in [0.25, 0.3) is 0 Å². The van der Waals surface area contributed by atoms with E-state index in [2.05, 4.69) is 0 Å². The maximum Gasteiger partial charge on any atom is 0.327 e. The van der Waals surface area contributed by atoms with Crippen LogP contribution in [0.1, 0.15) is 18.9 Å². The summed E-state index contributed by atoms with van der Waals surface area (Å²) in [5.74, 6) is -2.44. The highest BCUT2D eigenvalue weighted by molar-refractivity contribution is 7.51. The zero-order valence-electron chi connectivity index (χ0n) is 12.5. The van der Waals surface area contributed by atoms with Gasteiger partial charge in [0.05, 0.1) is 11.6 Å². The second kappa shape index (κ2) is 6.88. The van der Waals surface area contributed by atoms with Crippen molar-refractivity contribution in [2.75, 3.05) is 12.8 Å². The van der Waals surface area contributed by atoms with Gasteiger partial charge in [-0.1, -0.05) is 30.3 Å². The first-order chi connectivity index (χ1) is 10.4. The highest BCUT2D eigenvalue weighted by Crippen LogP contribution is 2.45. The summed E-state index contributed by atoms with van der Waals surface area (Å²) < 4.78 is 25.2. The van der Waals surface area contributed by atoms with Crippen molar-refractivity contribution in [2.24, 2.45) is 5.73 Å². The quantitative estimate of drug-likeness (QED) is 0.511. The standard InChI is InChI=1S/C14H19FNO6P/c1-13(16,12(18)19)7-11(17)14(8-15,9-23(20,21)22)10-5-3-2-4-6-10/h2-6H,7-9,16H2,1H3,(H,18,19)(H2,20,21,22). The first-order valence-electron chi connectivity index (χ1n) is 6.66. The van der Waals surface area contributed by atoms with Crippen molar-refractivity contribution in [3.63, 3.8) is 0 Å². The van der Waals surface area contributed by atoms with Crippen LogP contribution in [0, 0.1) is 0 Å². The summed E-state index contributed by atoms with van der Waals surface area (Å²) in [6.07, 6.45) is -1.82. The number of alkyl halides is 1. The Balaban J connectivity index is 3.37. The van der Waals surface area contributed by atoms with E-state index in [4.69, 9.17) is 10.8 Å². The largest absolute Gasteiger partial charge is 0.480 e. The van der Waals surface area contributed by atoms with Crippen LogP contribution in [0.2, 0.25) is 0 Å². The summed E-state index contributed by atoms with van der Waals surface area (Å²) in [5.41, 5.74) is 1.47. The molecule has 1 aromatic carbocycles. The minimum Gasteiger partial charge on any atom is -0.480 e. The van der Waals surface area contributed by atoms with Crippen LogP contribution >= 0.6 is 7.60 Å². The Bertz CT molecular complexity index is 629. The topological polar surface area (TPSA) is 138 Å². The molecule has 0 radical (unpaired) electrons. The number of carbonyl (C=O) groups is 2. The maximum absolute atomic E-state index is 13.8. The van der Waals surface area contributed by atoms with Gasteiger partial charge in [0, 0.05) is 6.42 Å². The van der Waals surface area contributed by atoms with E-state index < -0.39 is 49.6 Å². The van der Waals surface area contributed by atoms with Crippen molar-refractivity contribution in [3.05, 3.63) is 35.9 Å². The molecular weight excluding hydrogens is 328 g/mol. The Labute approximate surface area is 132 Å². The molecular formula is C14H19FNO6P. The second-order valence-electron chi connectivity index (χ2n) is 5.73. The van der Waals surface area contributed by atoms with Crippen LogP contribution in [0.5, 0.6) is 0 Å². The van der Waals surface area contributed by atoms with Crippen LogP contribution in [0.3, 0.4) is 0 Å². The fourth-order valence-corrected chi connectivity index (χ4v) is 3.37. The van der Waals surface area contributed by atoms with Gasteiger partial charge in [-0.25, -0.2) is 4.39 Å². The molecule has 0 aliphatic heterocycles. The summed E-state index contributed by atoms with van der Waals surface area (Å²) in [7, 11) is -4.76. The van der Waals surface area contributed by atoms with Gasteiger partial charge in [0.15, 0.2) is 0 Å². The van der Waals surface area contributed by atoms with Crippen LogP contribution in [0.25, 0.3) is 0 Å². The zero-order valence-corrected chi connectivity index (χ0v) is 13.4. The highest BCUT2D eigenvalue weighted by Gasteiger charge is 2.47. The molecule has 0 spiro atoms. The minimum absolute atomic E-state index is 0.0667. The molecule has 2 unspecified atom stereocenters. The van der Waals surface area contributed by atoms with Gasteiger partial charge < -0.3 is 20.6 Å². The maximum atomic E-state index is 13.8. The van der Waals surface area contributed by atoms with Crippen LogP contribution in [0.4, 0.5) is 4.39 Å². The fraction of sp³-hybridized carbons (Fsp3) is 0.429. The summed E-state index contributed by atoms with van der Waals surface area (Å²) >= 11 is 0. The molecule has 0 aliphatic rings. The summed E-state index contributed by atoms with van der Waals surface area (Å²) in [6.45, 7) is -0.296. The Hall–Kier alpha value is -1.60. The van der Waals surface area contributed by atoms with Gasteiger partial charge in [-0.3, -0.25) is 14.2 Å². The molecule has 0 aliphatic carbocycles. The van der Waals surface area contributed by atoms with Crippen molar-refractivity contribution in [1.29, 1.82) is 0 Å². The summed E-state index contributed by atoms with van der Waals surface area (Å²) in [5, 5.41) is 9.01. The van der Waals surface area contributed by atoms with E-state index in [0.717, 1.165) is 6.92 Å². The van der Waals surface area contributed by atoms with Gasteiger partial charge in [0.2, 0.25) is 0 Å². The molecule has 1 aromatic rings. The Morgan fingerprint density at radius 2 is 1.78 bits per heavy atom. The van der Waals surface area contributed by atoms with E-state index in [0.29, 0.717) is 0 Å². The Kier molecular flexibility index (Phi) is 5.82. The number of benzene rings is 1. The van der Waals surface area contributed by atoms with E-state index in [-0.39, 0.29) is 5.56 Å². The predicted molar refractivity (Wildman–Crippen MR) is 80.9 cm³/mol. The fourth-order valence-electron chi connectivity index (χ4n) is 2.22. The molecule has 5 N–H and O–H groups in total. The van der Waals surface area contributed by atoms with Crippen LogP contribution in [-0.2, 0) is 19.6 Å². The summed E-state index contributed by atoms with van der Waals surface area (Å²) in [4.78, 5) is 42.1. The normalized spacial score (nSPS) is 17.1. The number of Topliss-reactive ketones (excluding diaryl/α,β-unsaturated/α-hetero) is 1. The molecule has 2 atom stereocenters. The highest BCUT2D eigenvalue weighted by atomic mass is 31.2. The van der Waals surface area contributed by atoms with E-state index in [1.54, 1.807) is 6.07 Å². The molecule has 1 rings (SSSR count). The lowest BCUT2D eigenvalue weighted by Crippen LogP contribution is -2.52. The molecule has 0 amide bonds. The average molecular weight is 347 g/mol. The van der Waals surface area contributed by atoms with E-state index in [1.165, 1.54) is 24.3 Å². The molecule has 0 aromatic heterocycles. The van der Waals surface area contributed by atoms with E-state index >= 15 is 0 Å². The first kappa shape index (κ1) is 19.4. The number of carboxylic acids is 1. The van der Waals surface area contributed by atoms with Gasteiger partial charge >= 0.3 is 13.6 Å². The zero-order chi connectivity index (χ0) is 17.9. The predicted octanol–water partition coefficient (Wildman–Crippen LogP) is 0.833. The third kappa shape index (κ3) is 4.68. The number of aliphatic carboxylic acids is 1. The second-order valence-corrected chi connectivity index (χ2v) is 7.37. The van der Waals surface area contributed by atoms with Gasteiger partial charge in [0.1, 0.15) is 18.0 Å². The molecule has 0 heterocycles. The van der Waals surface area contributed by atoms with Gasteiger partial charge in [-0.05, 0) is 12.5 Å². The number of hydrogen-bond donors (Lipinski definition) is 4. The average Bonchev–Trinajstić information content (AvgIpc) is 2.44. The molecule has 128 valence electrons. The Morgan fingerprint density at radius 3 is 2.17 bits per heavy atom. The Morgan fingerprint density at radius 1 is 1.26 bits per heavy atom. The van der Waals surface area contributed by atoms with Crippen LogP contribution in [0.15, 0.2) is 30.3 Å². The molecule has 0 fully saturated rings. The van der Waals surface area contributed by atoms with Crippen LogP contribution < -0.4 is 5.73 Å². The molecule has 0 bridgehead atoms. The van der Waals surface area contributed by atoms with E-state index in [1.807, 2.05) is 0 Å². The number of halogens is 1. The van der Waals surface area contributed by atoms with Crippen molar-refractivity contribution in [3.8, 4) is 0 Å². The third-order valence-corrected chi connectivity index (χ3v) is 4.53. The SMILES string of the molecule is CC(N)(CC(=O)C(CF)(CP(=O)(O)O)c1ccccc1)C(=O)O. The smallest absolute Gasteiger partial charge is 0.327 e. The minimum atomic E-state index is -4.76. The lowest BCUT2D eigenvalue weighted by atomic mass is 9.75. The van der Waals surface area contributed by atoms with Crippen molar-refractivity contribution >= 4 is 19.3 Å². The summed E-state index contributed by atoms with van der Waals surface area (Å²) in [6, 6.07) is 7.30. The van der Waals surface area contributed by atoms with Crippen molar-refractivity contribution in [2.45, 2.75) is 24.3 Å². The number of carbonyl (C=O) groups excluding carboxylic acids is 1. The van der Waals surface area contributed by atoms with E-state index in [9.17, 15) is 28.3 Å². The number of carboxylic acid groups (broad SMARTS) is 1. The van der Waals surface area contributed by atoms with Crippen molar-refractivity contribution < 1.29 is 33.4 Å². The van der Waals surface area contributed by atoms with Gasteiger partial charge in [-0.15, -0.1) is 0 Å². The molecule has 0 saturated heterocycles. The first-order valence-corrected chi connectivity index (χ1v) is 8.46. The molecule has 7 nitrogen and oxygen atoms in total.